The molecule has 0 aliphatic heterocycles. The lowest BCUT2D eigenvalue weighted by atomic mass is 10.2. The molecule has 0 spiro atoms. The molecule has 1 N–H and O–H groups in total. The van der Waals surface area contributed by atoms with Gasteiger partial charge in [-0.2, -0.15) is 0 Å². The molecule has 6 heteroatoms. The van der Waals surface area contributed by atoms with Crippen LogP contribution in [0.1, 0.15) is 37.0 Å². The molecule has 0 aliphatic carbocycles. The molecule has 0 radical (unpaired) electrons. The Labute approximate surface area is 114 Å². The number of sulfonamides is 1. The Balaban J connectivity index is 2.98. The van der Waals surface area contributed by atoms with Crippen molar-refractivity contribution in [1.82, 2.24) is 4.72 Å². The maximum Gasteiger partial charge on any atom is 0.337 e. The van der Waals surface area contributed by atoms with Crippen molar-refractivity contribution in [2.45, 2.75) is 37.6 Å². The number of methoxy groups -OCH3 is 1. The number of rotatable bonds is 6. The Morgan fingerprint density at radius 1 is 1.42 bits per heavy atom. The van der Waals surface area contributed by atoms with E-state index in [2.05, 4.69) is 9.46 Å². The molecule has 19 heavy (non-hydrogen) atoms. The predicted molar refractivity (Wildman–Crippen MR) is 72.5 cm³/mol. The van der Waals surface area contributed by atoms with Crippen LogP contribution in [-0.2, 0) is 14.8 Å². The number of esters is 1. The van der Waals surface area contributed by atoms with Crippen LogP contribution in [0.15, 0.2) is 29.2 Å². The largest absolute Gasteiger partial charge is 0.465 e. The Morgan fingerprint density at radius 3 is 2.68 bits per heavy atom. The second kappa shape index (κ2) is 6.68. The minimum atomic E-state index is -3.60. The van der Waals surface area contributed by atoms with Crippen LogP contribution < -0.4 is 4.72 Å². The highest BCUT2D eigenvalue weighted by Crippen LogP contribution is 2.13. The van der Waals surface area contributed by atoms with E-state index in [-0.39, 0.29) is 16.5 Å². The quantitative estimate of drug-likeness (QED) is 0.811. The van der Waals surface area contributed by atoms with Crippen LogP contribution in [0.25, 0.3) is 0 Å². The van der Waals surface area contributed by atoms with Gasteiger partial charge >= 0.3 is 5.97 Å². The first-order chi connectivity index (χ1) is 8.90. The topological polar surface area (TPSA) is 72.5 Å². The second-order valence-corrected chi connectivity index (χ2v) is 6.04. The summed E-state index contributed by atoms with van der Waals surface area (Å²) in [6.07, 6.45) is 1.65. The highest BCUT2D eigenvalue weighted by Gasteiger charge is 2.18. The Bertz CT molecular complexity index is 539. The van der Waals surface area contributed by atoms with Crippen LogP contribution in [0.3, 0.4) is 0 Å². The number of ether oxygens (including phenoxy) is 1. The minimum Gasteiger partial charge on any atom is -0.465 e. The Morgan fingerprint density at radius 2 is 2.11 bits per heavy atom. The second-order valence-electron chi connectivity index (χ2n) is 4.33. The average Bonchev–Trinajstić information content (AvgIpc) is 2.37. The molecular formula is C13H19NO4S. The van der Waals surface area contributed by atoms with Gasteiger partial charge in [0.1, 0.15) is 0 Å². The standard InChI is InChI=1S/C13H19NO4S/c1-4-6-10(2)14-19(16,17)12-8-5-7-11(9-12)13(15)18-3/h5,7-10,14H,4,6H2,1-3H3. The fourth-order valence-electron chi connectivity index (χ4n) is 1.73. The van der Waals surface area contributed by atoms with Gasteiger partial charge in [-0.15, -0.1) is 0 Å². The number of carbonyl (C=O) groups is 1. The highest BCUT2D eigenvalue weighted by atomic mass is 32.2. The van der Waals surface area contributed by atoms with Gasteiger partial charge in [-0.1, -0.05) is 19.4 Å². The summed E-state index contributed by atoms with van der Waals surface area (Å²) >= 11 is 0. The number of nitrogens with one attached hydrogen (secondary N) is 1. The van der Waals surface area contributed by atoms with E-state index in [0.29, 0.717) is 0 Å². The Hall–Kier alpha value is -1.40. The van der Waals surface area contributed by atoms with Crippen molar-refractivity contribution in [3.63, 3.8) is 0 Å². The summed E-state index contributed by atoms with van der Waals surface area (Å²) in [5.41, 5.74) is 0.216. The molecule has 0 amide bonds. The first-order valence-electron chi connectivity index (χ1n) is 6.11. The number of hydrogen-bond donors (Lipinski definition) is 1. The van der Waals surface area contributed by atoms with Gasteiger partial charge in [-0.25, -0.2) is 17.9 Å². The molecule has 1 aromatic carbocycles. The molecule has 0 bridgehead atoms. The smallest absolute Gasteiger partial charge is 0.337 e. The lowest BCUT2D eigenvalue weighted by molar-refractivity contribution is 0.0600. The van der Waals surface area contributed by atoms with Crippen molar-refractivity contribution in [1.29, 1.82) is 0 Å². The maximum atomic E-state index is 12.1. The van der Waals surface area contributed by atoms with Gasteiger partial charge in [0.15, 0.2) is 0 Å². The van der Waals surface area contributed by atoms with E-state index in [1.54, 1.807) is 0 Å². The summed E-state index contributed by atoms with van der Waals surface area (Å²) in [5, 5.41) is 0. The molecule has 1 aromatic rings. The minimum absolute atomic E-state index is 0.0679. The summed E-state index contributed by atoms with van der Waals surface area (Å²) in [4.78, 5) is 11.4. The van der Waals surface area contributed by atoms with Gasteiger partial charge in [0, 0.05) is 6.04 Å². The zero-order chi connectivity index (χ0) is 14.5. The van der Waals surface area contributed by atoms with Crippen LogP contribution in [0.4, 0.5) is 0 Å². The third-order valence-electron chi connectivity index (χ3n) is 2.64. The van der Waals surface area contributed by atoms with Crippen molar-refractivity contribution in [2.75, 3.05) is 7.11 Å². The number of hydrogen-bond acceptors (Lipinski definition) is 4. The Kier molecular flexibility index (Phi) is 5.50. The van der Waals surface area contributed by atoms with Crippen LogP contribution in [0.5, 0.6) is 0 Å². The number of carbonyl (C=O) groups excluding carboxylic acids is 1. The van der Waals surface area contributed by atoms with E-state index in [4.69, 9.17) is 0 Å². The van der Waals surface area contributed by atoms with E-state index >= 15 is 0 Å². The van der Waals surface area contributed by atoms with Gasteiger partial charge in [0.05, 0.1) is 17.6 Å². The molecule has 0 aromatic heterocycles. The normalized spacial score (nSPS) is 13.0. The molecular weight excluding hydrogens is 266 g/mol. The van der Waals surface area contributed by atoms with Crippen LogP contribution in [-0.4, -0.2) is 27.5 Å². The average molecular weight is 285 g/mol. The summed E-state index contributed by atoms with van der Waals surface area (Å²) in [5.74, 6) is -0.557. The molecule has 5 nitrogen and oxygen atoms in total. The van der Waals surface area contributed by atoms with Crippen molar-refractivity contribution in [2.24, 2.45) is 0 Å². The zero-order valence-electron chi connectivity index (χ0n) is 11.3. The van der Waals surface area contributed by atoms with Crippen molar-refractivity contribution in [3.8, 4) is 0 Å². The van der Waals surface area contributed by atoms with Crippen molar-refractivity contribution >= 4 is 16.0 Å². The fourth-order valence-corrected chi connectivity index (χ4v) is 3.06. The van der Waals surface area contributed by atoms with E-state index in [1.807, 2.05) is 13.8 Å². The summed E-state index contributed by atoms with van der Waals surface area (Å²) in [6.45, 7) is 3.80. The molecule has 0 heterocycles. The molecule has 1 atom stereocenters. The van der Waals surface area contributed by atoms with Crippen molar-refractivity contribution in [3.05, 3.63) is 29.8 Å². The molecule has 106 valence electrons. The number of benzene rings is 1. The van der Waals surface area contributed by atoms with Crippen LogP contribution >= 0.6 is 0 Å². The van der Waals surface area contributed by atoms with Crippen LogP contribution in [0.2, 0.25) is 0 Å². The molecule has 0 fully saturated rings. The SMILES string of the molecule is CCCC(C)NS(=O)(=O)c1cccc(C(=O)OC)c1. The van der Waals surface area contributed by atoms with Gasteiger partial charge in [-0.05, 0) is 31.5 Å². The fraction of sp³-hybridized carbons (Fsp3) is 0.462. The van der Waals surface area contributed by atoms with Crippen molar-refractivity contribution < 1.29 is 17.9 Å². The lowest BCUT2D eigenvalue weighted by Crippen LogP contribution is -2.32. The van der Waals surface area contributed by atoms with E-state index in [1.165, 1.54) is 31.4 Å². The van der Waals surface area contributed by atoms with E-state index in [0.717, 1.165) is 12.8 Å². The molecule has 0 saturated carbocycles. The molecule has 0 aliphatic rings. The van der Waals surface area contributed by atoms with E-state index in [9.17, 15) is 13.2 Å². The summed E-state index contributed by atoms with van der Waals surface area (Å²) in [7, 11) is -2.35. The van der Waals surface area contributed by atoms with Gasteiger partial charge in [0.25, 0.3) is 0 Å². The van der Waals surface area contributed by atoms with Gasteiger partial charge in [-0.3, -0.25) is 0 Å². The molecule has 0 saturated heterocycles. The first kappa shape index (κ1) is 15.7. The zero-order valence-corrected chi connectivity index (χ0v) is 12.2. The molecule has 1 unspecified atom stereocenters. The highest BCUT2D eigenvalue weighted by molar-refractivity contribution is 7.89. The van der Waals surface area contributed by atoms with Crippen LogP contribution in [0, 0.1) is 0 Å². The third-order valence-corrected chi connectivity index (χ3v) is 4.23. The monoisotopic (exact) mass is 285 g/mol. The summed E-state index contributed by atoms with van der Waals surface area (Å²) < 4.78 is 31.4. The lowest BCUT2D eigenvalue weighted by Gasteiger charge is -2.13. The maximum absolute atomic E-state index is 12.1. The van der Waals surface area contributed by atoms with Gasteiger partial charge in [0.2, 0.25) is 10.0 Å². The van der Waals surface area contributed by atoms with Gasteiger partial charge < -0.3 is 4.74 Å². The van der Waals surface area contributed by atoms with E-state index < -0.39 is 16.0 Å². The molecule has 1 rings (SSSR count). The third kappa shape index (κ3) is 4.33. The first-order valence-corrected chi connectivity index (χ1v) is 7.59. The predicted octanol–water partition coefficient (Wildman–Crippen LogP) is 1.94. The summed E-state index contributed by atoms with van der Waals surface area (Å²) in [6, 6.07) is 5.66.